The van der Waals surface area contributed by atoms with Crippen LogP contribution in [0, 0.1) is 0 Å². The summed E-state index contributed by atoms with van der Waals surface area (Å²) in [5.41, 5.74) is 0. The topological polar surface area (TPSA) is 46.9 Å². The molecule has 0 atom stereocenters. The first-order chi connectivity index (χ1) is 8.65. The van der Waals surface area contributed by atoms with Crippen LogP contribution in [-0.4, -0.2) is 27.9 Å². The number of rotatable bonds is 8. The van der Waals surface area contributed by atoms with Crippen LogP contribution in [-0.2, 0) is 11.3 Å². The molecule has 0 unspecified atom stereocenters. The highest BCUT2D eigenvalue weighted by atomic mass is 35.5. The quantitative estimate of drug-likeness (QED) is 0.583. The Morgan fingerprint density at radius 3 is 2.94 bits per heavy atom. The average Bonchev–Trinajstić information content (AvgIpc) is 2.78. The van der Waals surface area contributed by atoms with Crippen molar-refractivity contribution in [2.75, 3.05) is 12.4 Å². The molecule has 4 nitrogen and oxygen atoms in total. The van der Waals surface area contributed by atoms with Crippen molar-refractivity contribution in [2.45, 2.75) is 45.6 Å². The molecule has 0 aliphatic carbocycles. The van der Waals surface area contributed by atoms with Crippen molar-refractivity contribution >= 4 is 17.5 Å². The molecule has 1 aromatic heterocycles. The zero-order chi connectivity index (χ0) is 13.4. The Bertz CT molecular complexity index is 363. The predicted octanol–water partition coefficient (Wildman–Crippen LogP) is 2.53. The lowest BCUT2D eigenvalue weighted by atomic mass is 10.2. The number of amides is 1. The average molecular weight is 272 g/mol. The Hall–Kier alpha value is -1.03. The Balaban J connectivity index is 2.24. The molecule has 1 aromatic rings. The number of imidazole rings is 1. The van der Waals surface area contributed by atoms with E-state index < -0.39 is 0 Å². The minimum atomic E-state index is 0.103. The Kier molecular flexibility index (Phi) is 6.80. The maximum Gasteiger partial charge on any atom is 0.220 e. The number of hydrogen-bond acceptors (Lipinski definition) is 2. The molecule has 0 saturated carbocycles. The molecule has 1 rings (SSSR count). The van der Waals surface area contributed by atoms with Crippen LogP contribution in [0.2, 0.25) is 0 Å². The van der Waals surface area contributed by atoms with E-state index in [4.69, 9.17) is 11.6 Å². The summed E-state index contributed by atoms with van der Waals surface area (Å²) in [4.78, 5) is 15.8. The summed E-state index contributed by atoms with van der Waals surface area (Å²) in [5.74, 6) is 2.19. The first-order valence-electron chi connectivity index (χ1n) is 6.49. The summed E-state index contributed by atoms with van der Waals surface area (Å²) in [6.07, 6.45) is 6.08. The number of nitrogens with one attached hydrogen (secondary N) is 1. The minimum absolute atomic E-state index is 0.103. The maximum absolute atomic E-state index is 11.5. The highest BCUT2D eigenvalue weighted by molar-refractivity contribution is 6.17. The van der Waals surface area contributed by atoms with Crippen molar-refractivity contribution in [3.8, 4) is 0 Å². The summed E-state index contributed by atoms with van der Waals surface area (Å²) >= 11 is 5.56. The molecule has 0 aliphatic rings. The molecule has 0 aromatic carbocycles. The van der Waals surface area contributed by atoms with Crippen LogP contribution in [0.15, 0.2) is 12.4 Å². The SMILES string of the molecule is CC(C)c1nccn1CCNC(=O)CCCCCl. The zero-order valence-electron chi connectivity index (χ0n) is 11.2. The molecule has 0 bridgehead atoms. The van der Waals surface area contributed by atoms with Gasteiger partial charge in [-0.25, -0.2) is 4.98 Å². The monoisotopic (exact) mass is 271 g/mol. The van der Waals surface area contributed by atoms with Crippen molar-refractivity contribution in [3.05, 3.63) is 18.2 Å². The summed E-state index contributed by atoms with van der Waals surface area (Å²) in [6.45, 7) is 5.65. The van der Waals surface area contributed by atoms with Crippen molar-refractivity contribution in [1.82, 2.24) is 14.9 Å². The molecule has 102 valence electrons. The van der Waals surface area contributed by atoms with Gasteiger partial charge in [0, 0.05) is 43.7 Å². The van der Waals surface area contributed by atoms with E-state index in [2.05, 4.69) is 28.7 Å². The third-order valence-corrected chi connectivity index (χ3v) is 2.99. The van der Waals surface area contributed by atoms with Gasteiger partial charge in [0.1, 0.15) is 5.82 Å². The summed E-state index contributed by atoms with van der Waals surface area (Å²) < 4.78 is 2.09. The molecule has 0 radical (unpaired) electrons. The molecule has 5 heteroatoms. The van der Waals surface area contributed by atoms with Gasteiger partial charge < -0.3 is 9.88 Å². The number of alkyl halides is 1. The van der Waals surface area contributed by atoms with E-state index in [0.717, 1.165) is 25.2 Å². The van der Waals surface area contributed by atoms with Crippen molar-refractivity contribution in [1.29, 1.82) is 0 Å². The van der Waals surface area contributed by atoms with Gasteiger partial charge in [0.25, 0.3) is 0 Å². The van der Waals surface area contributed by atoms with Crippen LogP contribution in [0.5, 0.6) is 0 Å². The van der Waals surface area contributed by atoms with Crippen LogP contribution in [0.1, 0.15) is 44.9 Å². The van der Waals surface area contributed by atoms with E-state index in [1.54, 1.807) is 6.20 Å². The number of nitrogens with zero attached hydrogens (tertiary/aromatic N) is 2. The third-order valence-electron chi connectivity index (χ3n) is 2.73. The van der Waals surface area contributed by atoms with Gasteiger partial charge in [0.15, 0.2) is 0 Å². The van der Waals surface area contributed by atoms with Crippen molar-refractivity contribution in [2.24, 2.45) is 0 Å². The number of halogens is 1. The van der Waals surface area contributed by atoms with E-state index in [1.807, 2.05) is 6.20 Å². The predicted molar refractivity (Wildman–Crippen MR) is 73.9 cm³/mol. The Morgan fingerprint density at radius 1 is 1.50 bits per heavy atom. The Morgan fingerprint density at radius 2 is 2.28 bits per heavy atom. The van der Waals surface area contributed by atoms with E-state index >= 15 is 0 Å². The lowest BCUT2D eigenvalue weighted by Gasteiger charge is -2.11. The number of carbonyl (C=O) groups is 1. The highest BCUT2D eigenvalue weighted by Gasteiger charge is 2.07. The van der Waals surface area contributed by atoms with Gasteiger partial charge in [-0.05, 0) is 12.8 Å². The summed E-state index contributed by atoms with van der Waals surface area (Å²) in [6, 6.07) is 0. The molecule has 1 N–H and O–H groups in total. The lowest BCUT2D eigenvalue weighted by Crippen LogP contribution is -2.27. The number of hydrogen-bond donors (Lipinski definition) is 1. The number of carbonyl (C=O) groups excluding carboxylic acids is 1. The fourth-order valence-electron chi connectivity index (χ4n) is 1.79. The van der Waals surface area contributed by atoms with Gasteiger partial charge in [-0.15, -0.1) is 11.6 Å². The summed E-state index contributed by atoms with van der Waals surface area (Å²) in [5, 5.41) is 2.92. The van der Waals surface area contributed by atoms with Crippen LogP contribution < -0.4 is 5.32 Å². The van der Waals surface area contributed by atoms with Gasteiger partial charge >= 0.3 is 0 Å². The maximum atomic E-state index is 11.5. The first-order valence-corrected chi connectivity index (χ1v) is 7.02. The largest absolute Gasteiger partial charge is 0.354 e. The molecule has 18 heavy (non-hydrogen) atoms. The van der Waals surface area contributed by atoms with E-state index in [-0.39, 0.29) is 5.91 Å². The smallest absolute Gasteiger partial charge is 0.220 e. The summed E-state index contributed by atoms with van der Waals surface area (Å²) in [7, 11) is 0. The molecule has 0 aliphatic heterocycles. The first kappa shape index (κ1) is 15.0. The second kappa shape index (κ2) is 8.14. The molecule has 1 amide bonds. The second-order valence-electron chi connectivity index (χ2n) is 4.63. The van der Waals surface area contributed by atoms with E-state index in [1.165, 1.54) is 0 Å². The van der Waals surface area contributed by atoms with Gasteiger partial charge in [-0.1, -0.05) is 13.8 Å². The van der Waals surface area contributed by atoms with Crippen molar-refractivity contribution < 1.29 is 4.79 Å². The minimum Gasteiger partial charge on any atom is -0.354 e. The van der Waals surface area contributed by atoms with Gasteiger partial charge in [0.05, 0.1) is 0 Å². The van der Waals surface area contributed by atoms with E-state index in [0.29, 0.717) is 24.8 Å². The second-order valence-corrected chi connectivity index (χ2v) is 5.01. The highest BCUT2D eigenvalue weighted by Crippen LogP contribution is 2.10. The van der Waals surface area contributed by atoms with Crippen LogP contribution in [0.4, 0.5) is 0 Å². The standard InChI is InChI=1S/C13H22ClN3O/c1-11(2)13-16-8-10-17(13)9-7-15-12(18)5-3-4-6-14/h8,10-11H,3-7,9H2,1-2H3,(H,15,18). The van der Waals surface area contributed by atoms with Crippen LogP contribution >= 0.6 is 11.6 Å². The van der Waals surface area contributed by atoms with Gasteiger partial charge in [0.2, 0.25) is 5.91 Å². The van der Waals surface area contributed by atoms with Crippen LogP contribution in [0.25, 0.3) is 0 Å². The van der Waals surface area contributed by atoms with Gasteiger partial charge in [-0.3, -0.25) is 4.79 Å². The fourth-order valence-corrected chi connectivity index (χ4v) is 1.98. The molecular weight excluding hydrogens is 250 g/mol. The number of aromatic nitrogens is 2. The third kappa shape index (κ3) is 5.08. The van der Waals surface area contributed by atoms with E-state index in [9.17, 15) is 4.79 Å². The normalized spacial score (nSPS) is 10.9. The zero-order valence-corrected chi connectivity index (χ0v) is 11.9. The molecule has 0 fully saturated rings. The Labute approximate surface area is 114 Å². The molecule has 0 saturated heterocycles. The molecular formula is C13H22ClN3O. The lowest BCUT2D eigenvalue weighted by molar-refractivity contribution is -0.121. The molecule has 1 heterocycles. The fraction of sp³-hybridized carbons (Fsp3) is 0.692. The number of unbranched alkanes of at least 4 members (excludes halogenated alkanes) is 1. The van der Waals surface area contributed by atoms with Crippen LogP contribution in [0.3, 0.4) is 0 Å². The van der Waals surface area contributed by atoms with Gasteiger partial charge in [-0.2, -0.15) is 0 Å². The molecule has 0 spiro atoms. The van der Waals surface area contributed by atoms with Crippen molar-refractivity contribution in [3.63, 3.8) is 0 Å².